The number of aliphatic hydroxyl groups excluding tert-OH is 1. The van der Waals surface area contributed by atoms with E-state index in [9.17, 15) is 0 Å². The van der Waals surface area contributed by atoms with Gasteiger partial charge >= 0.3 is 23.1 Å². The van der Waals surface area contributed by atoms with Crippen LogP contribution >= 0.6 is 0 Å². The summed E-state index contributed by atoms with van der Waals surface area (Å²) in [5.74, 6) is 0. The Hall–Kier alpha value is 0.726. The van der Waals surface area contributed by atoms with Crippen LogP contribution in [-0.4, -0.2) is 34.8 Å². The fourth-order valence-corrected chi connectivity index (χ4v) is 0. The summed E-state index contributed by atoms with van der Waals surface area (Å²) in [4.78, 5) is 0. The van der Waals surface area contributed by atoms with Gasteiger partial charge in [0.15, 0.2) is 0 Å². The Morgan fingerprint density at radius 3 is 1.00 bits per heavy atom. The molecule has 0 aromatic carbocycles. The smallest absolute Gasteiger partial charge is 0.397 e. The minimum Gasteiger partial charge on any atom is -0.397 e. The van der Waals surface area contributed by atoms with E-state index >= 15 is 0 Å². The molecule has 72 valence electrons. The minimum absolute atomic E-state index is 0. The van der Waals surface area contributed by atoms with Crippen molar-refractivity contribution in [2.45, 2.75) is 46.5 Å². The third-order valence-corrected chi connectivity index (χ3v) is 0.707. The van der Waals surface area contributed by atoms with Gasteiger partial charge < -0.3 is 19.0 Å². The summed E-state index contributed by atoms with van der Waals surface area (Å²) in [6.07, 6.45) is 4.56. The van der Waals surface area contributed by atoms with Crippen molar-refractivity contribution < 1.29 is 5.11 Å². The Bertz CT molecular complexity index is 25.0. The van der Waals surface area contributed by atoms with E-state index in [2.05, 4.69) is 27.7 Å². The van der Waals surface area contributed by atoms with Crippen molar-refractivity contribution in [1.82, 2.24) is 0 Å². The molecule has 0 aromatic heterocycles. The van der Waals surface area contributed by atoms with Gasteiger partial charge in [-0.1, -0.05) is 26.7 Å². The van der Waals surface area contributed by atoms with Gasteiger partial charge in [0.2, 0.25) is 0 Å². The molecule has 0 saturated heterocycles. The molecule has 0 aromatic rings. The largest absolute Gasteiger partial charge is 2.00 e. The third-order valence-electron chi connectivity index (χ3n) is 0.707. The molecule has 0 rings (SSSR count). The monoisotopic (exact) mass is 184 g/mol. The van der Waals surface area contributed by atoms with Gasteiger partial charge in [-0.15, -0.1) is 0 Å². The first-order chi connectivity index (χ1) is 5.24. The summed E-state index contributed by atoms with van der Waals surface area (Å²) < 4.78 is 0. The Morgan fingerprint density at radius 1 is 0.917 bits per heavy atom. The first kappa shape index (κ1) is 23.0. The van der Waals surface area contributed by atoms with Crippen molar-refractivity contribution in [3.05, 3.63) is 13.8 Å². The summed E-state index contributed by atoms with van der Waals surface area (Å²) >= 11 is 0. The summed E-state index contributed by atoms with van der Waals surface area (Å²) in [5.41, 5.74) is 0. The van der Waals surface area contributed by atoms with Gasteiger partial charge in [-0.05, 0) is 6.92 Å². The molecule has 0 aliphatic rings. The molecule has 2 heteroatoms. The SMILES string of the molecule is CCO.[CH2-]CCC.[CH2-]CCC.[Mg+2]. The summed E-state index contributed by atoms with van der Waals surface area (Å²) in [6.45, 7) is 13.4. The molecule has 12 heavy (non-hydrogen) atoms. The molecule has 0 aliphatic carbocycles. The molecule has 0 atom stereocenters. The zero-order chi connectivity index (χ0) is 9.54. The van der Waals surface area contributed by atoms with E-state index < -0.39 is 0 Å². The zero-order valence-electron chi connectivity index (χ0n) is 9.10. The topological polar surface area (TPSA) is 20.2 Å². The van der Waals surface area contributed by atoms with Crippen molar-refractivity contribution in [2.75, 3.05) is 6.61 Å². The summed E-state index contributed by atoms with van der Waals surface area (Å²) in [5, 5.41) is 7.57. The first-order valence-corrected chi connectivity index (χ1v) is 4.44. The van der Waals surface area contributed by atoms with E-state index in [0.717, 1.165) is 12.8 Å². The number of hydrogen-bond donors (Lipinski definition) is 1. The molecule has 0 aliphatic heterocycles. The molecule has 1 N–H and O–H groups in total. The van der Waals surface area contributed by atoms with Crippen molar-refractivity contribution in [3.63, 3.8) is 0 Å². The van der Waals surface area contributed by atoms with Crippen LogP contribution in [0.3, 0.4) is 0 Å². The predicted octanol–water partition coefficient (Wildman–Crippen LogP) is 2.86. The van der Waals surface area contributed by atoms with E-state index in [1.165, 1.54) is 12.8 Å². The summed E-state index contributed by atoms with van der Waals surface area (Å²) in [7, 11) is 0. The van der Waals surface area contributed by atoms with Crippen LogP contribution in [0.2, 0.25) is 0 Å². The Balaban J connectivity index is -0.0000000389. The molecule has 0 fully saturated rings. The zero-order valence-corrected chi connectivity index (χ0v) is 10.5. The number of rotatable bonds is 2. The van der Waals surface area contributed by atoms with Crippen LogP contribution in [0.4, 0.5) is 0 Å². The average Bonchev–Trinajstić information content (AvgIpc) is 2.06. The second kappa shape index (κ2) is 41.1. The average molecular weight is 185 g/mol. The Kier molecular flexibility index (Phi) is 78.8. The molecule has 0 spiro atoms. The molecule has 0 unspecified atom stereocenters. The molecule has 0 radical (unpaired) electrons. The van der Waals surface area contributed by atoms with E-state index in [0.29, 0.717) is 0 Å². The van der Waals surface area contributed by atoms with Gasteiger partial charge in [0, 0.05) is 6.61 Å². The molecule has 0 saturated carbocycles. The Labute approximate surface area is 95.1 Å². The molecule has 0 heterocycles. The minimum atomic E-state index is 0. The predicted molar refractivity (Wildman–Crippen MR) is 59.0 cm³/mol. The van der Waals surface area contributed by atoms with E-state index in [1.807, 2.05) is 0 Å². The van der Waals surface area contributed by atoms with Gasteiger partial charge in [0.25, 0.3) is 0 Å². The molecular weight excluding hydrogens is 160 g/mol. The van der Waals surface area contributed by atoms with Crippen molar-refractivity contribution in [3.8, 4) is 0 Å². The maximum Gasteiger partial charge on any atom is 2.00 e. The van der Waals surface area contributed by atoms with Crippen LogP contribution in [0.5, 0.6) is 0 Å². The van der Waals surface area contributed by atoms with Crippen molar-refractivity contribution >= 4 is 23.1 Å². The molecular formula is C10H24MgO. The van der Waals surface area contributed by atoms with E-state index in [-0.39, 0.29) is 29.7 Å². The van der Waals surface area contributed by atoms with Crippen LogP contribution in [0.1, 0.15) is 46.5 Å². The molecule has 1 nitrogen and oxygen atoms in total. The molecule has 0 bridgehead atoms. The van der Waals surface area contributed by atoms with Crippen molar-refractivity contribution in [2.24, 2.45) is 0 Å². The fraction of sp³-hybridized carbons (Fsp3) is 0.800. The van der Waals surface area contributed by atoms with Crippen LogP contribution in [-0.2, 0) is 0 Å². The Morgan fingerprint density at radius 2 is 1.00 bits per heavy atom. The van der Waals surface area contributed by atoms with Gasteiger partial charge in [0.1, 0.15) is 0 Å². The quantitative estimate of drug-likeness (QED) is 0.517. The van der Waals surface area contributed by atoms with Crippen LogP contribution in [0, 0.1) is 13.8 Å². The second-order valence-electron chi connectivity index (χ2n) is 2.02. The van der Waals surface area contributed by atoms with E-state index in [1.54, 1.807) is 6.92 Å². The first-order valence-electron chi connectivity index (χ1n) is 4.44. The van der Waals surface area contributed by atoms with Gasteiger partial charge in [0.05, 0.1) is 0 Å². The summed E-state index contributed by atoms with van der Waals surface area (Å²) in [6, 6.07) is 0. The maximum absolute atomic E-state index is 7.57. The van der Waals surface area contributed by atoms with E-state index in [4.69, 9.17) is 5.11 Å². The number of aliphatic hydroxyl groups is 1. The normalized spacial score (nSPS) is 6.50. The standard InChI is InChI=1S/2C4H9.C2H6O.Mg/c2*1-3-4-2;1-2-3;/h2*1,3-4H2,2H3;3H,2H2,1H3;/q2*-1;;+2. The second-order valence-corrected chi connectivity index (χ2v) is 2.02. The maximum atomic E-state index is 7.57. The fourth-order valence-electron chi connectivity index (χ4n) is 0. The van der Waals surface area contributed by atoms with Gasteiger partial charge in [-0.3, -0.25) is 0 Å². The van der Waals surface area contributed by atoms with Crippen molar-refractivity contribution in [1.29, 1.82) is 0 Å². The van der Waals surface area contributed by atoms with Gasteiger partial charge in [-0.2, -0.15) is 12.8 Å². The number of hydrogen-bond acceptors (Lipinski definition) is 1. The van der Waals surface area contributed by atoms with Gasteiger partial charge in [-0.25, -0.2) is 0 Å². The third kappa shape index (κ3) is 137. The van der Waals surface area contributed by atoms with Crippen LogP contribution in [0.15, 0.2) is 0 Å². The van der Waals surface area contributed by atoms with Crippen LogP contribution < -0.4 is 0 Å². The van der Waals surface area contributed by atoms with Crippen LogP contribution in [0.25, 0.3) is 0 Å². The molecule has 0 amide bonds. The number of unbranched alkanes of at least 4 members (excludes halogenated alkanes) is 2.